The molecule has 0 aromatic rings. The summed E-state index contributed by atoms with van der Waals surface area (Å²) in [6.07, 6.45) is 0.917. The second-order valence-corrected chi connectivity index (χ2v) is 1.38. The Bertz CT molecular complexity index is 34.5. The number of aldehydes is 1. The minimum Gasteiger partial charge on any atom is -0.303 e. The molecule has 0 N–H and O–H groups in total. The molecule has 0 aliphatic carbocycles. The van der Waals surface area contributed by atoms with Gasteiger partial charge in [0.2, 0.25) is 0 Å². The van der Waals surface area contributed by atoms with Crippen LogP contribution in [0.1, 0.15) is 13.8 Å². The fourth-order valence-electron chi connectivity index (χ4n) is 0. The average Bonchev–Trinajstić information content (AvgIpc) is 1.38. The fourth-order valence-corrected chi connectivity index (χ4v) is 0. The van der Waals surface area contributed by atoms with Crippen molar-refractivity contribution in [3.8, 4) is 0 Å². The molecule has 1 radical (unpaired) electrons. The molecule has 0 atom stereocenters. The molecule has 2 heteroatoms. The van der Waals surface area contributed by atoms with Crippen molar-refractivity contribution in [3.63, 3.8) is 0 Å². The molecule has 0 rings (SSSR count). The maximum Gasteiger partial charge on any atom is 0.122 e. The normalized spacial score (nSPS) is 7.17. The van der Waals surface area contributed by atoms with E-state index in [4.69, 9.17) is 0 Å². The molecule has 0 fully saturated rings. The Morgan fingerprint density at radius 1 is 1.50 bits per heavy atom. The van der Waals surface area contributed by atoms with Gasteiger partial charge in [-0.2, -0.15) is 0 Å². The van der Waals surface area contributed by atoms with Gasteiger partial charge in [-0.25, -0.2) is 0 Å². The SMILES string of the molecule is CC(C)C=O.[Ta]. The monoisotopic (exact) mass is 253 g/mol. The van der Waals surface area contributed by atoms with Gasteiger partial charge in [0.15, 0.2) is 0 Å². The number of rotatable bonds is 1. The van der Waals surface area contributed by atoms with Crippen molar-refractivity contribution in [1.29, 1.82) is 0 Å². The van der Waals surface area contributed by atoms with Crippen LogP contribution >= 0.6 is 0 Å². The molecule has 0 saturated heterocycles. The molecule has 6 heavy (non-hydrogen) atoms. The summed E-state index contributed by atoms with van der Waals surface area (Å²) in [6, 6.07) is 0. The summed E-state index contributed by atoms with van der Waals surface area (Å²) in [6.45, 7) is 3.71. The van der Waals surface area contributed by atoms with E-state index in [1.165, 1.54) is 0 Å². The molecule has 0 aliphatic heterocycles. The molecule has 0 aromatic heterocycles. The third kappa shape index (κ3) is 8.83. The van der Waals surface area contributed by atoms with Crippen LogP contribution in [0, 0.1) is 5.92 Å². The van der Waals surface area contributed by atoms with Crippen molar-refractivity contribution in [2.24, 2.45) is 5.92 Å². The minimum absolute atomic E-state index is 0. The molecule has 1 nitrogen and oxygen atoms in total. The molecular formula is C4H8OTa. The van der Waals surface area contributed by atoms with Crippen molar-refractivity contribution in [1.82, 2.24) is 0 Å². The number of hydrogen-bond acceptors (Lipinski definition) is 1. The van der Waals surface area contributed by atoms with E-state index in [9.17, 15) is 4.79 Å². The summed E-state index contributed by atoms with van der Waals surface area (Å²) < 4.78 is 0. The van der Waals surface area contributed by atoms with Gasteiger partial charge >= 0.3 is 0 Å². The molecule has 0 heterocycles. The fraction of sp³-hybridized carbons (Fsp3) is 0.750. The Labute approximate surface area is 53.6 Å². The third-order valence-corrected chi connectivity index (χ3v) is 0.272. The summed E-state index contributed by atoms with van der Waals surface area (Å²) in [7, 11) is 0. The van der Waals surface area contributed by atoms with Gasteiger partial charge in [0, 0.05) is 28.3 Å². The zero-order valence-corrected chi connectivity index (χ0v) is 7.22. The second-order valence-electron chi connectivity index (χ2n) is 1.38. The van der Waals surface area contributed by atoms with E-state index in [0.29, 0.717) is 0 Å². The van der Waals surface area contributed by atoms with E-state index in [-0.39, 0.29) is 28.3 Å². The largest absolute Gasteiger partial charge is 0.303 e. The van der Waals surface area contributed by atoms with Gasteiger partial charge in [0.05, 0.1) is 0 Å². The van der Waals surface area contributed by atoms with Gasteiger partial charge in [-0.3, -0.25) is 0 Å². The molecule has 0 unspecified atom stereocenters. The summed E-state index contributed by atoms with van der Waals surface area (Å²) in [5.74, 6) is 0.204. The molecule has 0 aliphatic rings. The van der Waals surface area contributed by atoms with Crippen molar-refractivity contribution < 1.29 is 27.2 Å². The van der Waals surface area contributed by atoms with E-state index in [2.05, 4.69) is 0 Å². The summed E-state index contributed by atoms with van der Waals surface area (Å²) in [5, 5.41) is 0. The standard InChI is InChI=1S/C4H8O.Ta/c1-4(2)3-5;/h3-4H,1-2H3;. The first-order valence-electron chi connectivity index (χ1n) is 1.72. The number of carbonyl (C=O) groups is 1. The predicted molar refractivity (Wildman–Crippen MR) is 20.9 cm³/mol. The van der Waals surface area contributed by atoms with E-state index in [1.54, 1.807) is 0 Å². The Morgan fingerprint density at radius 3 is 1.67 bits per heavy atom. The van der Waals surface area contributed by atoms with Crippen LogP contribution in [0.25, 0.3) is 0 Å². The average molecular weight is 253 g/mol. The van der Waals surface area contributed by atoms with E-state index >= 15 is 0 Å². The molecule has 0 saturated carbocycles. The van der Waals surface area contributed by atoms with E-state index in [1.807, 2.05) is 13.8 Å². The first kappa shape index (κ1) is 9.65. The van der Waals surface area contributed by atoms with Crippen LogP contribution in [0.5, 0.6) is 0 Å². The predicted octanol–water partition coefficient (Wildman–Crippen LogP) is 0.839. The van der Waals surface area contributed by atoms with Gasteiger partial charge < -0.3 is 4.79 Å². The van der Waals surface area contributed by atoms with Crippen LogP contribution in [-0.2, 0) is 27.2 Å². The van der Waals surface area contributed by atoms with Crippen LogP contribution in [-0.4, -0.2) is 6.29 Å². The minimum atomic E-state index is 0. The molecule has 0 bridgehead atoms. The number of hydrogen-bond donors (Lipinski definition) is 0. The number of carbonyl (C=O) groups excluding carboxylic acids is 1. The summed E-state index contributed by atoms with van der Waals surface area (Å²) >= 11 is 0. The van der Waals surface area contributed by atoms with Gasteiger partial charge in [0.1, 0.15) is 6.29 Å². The maximum absolute atomic E-state index is 9.50. The van der Waals surface area contributed by atoms with Crippen LogP contribution in [0.15, 0.2) is 0 Å². The maximum atomic E-state index is 9.50. The molecule has 0 aromatic carbocycles. The molecule has 35 valence electrons. The smallest absolute Gasteiger partial charge is 0.122 e. The topological polar surface area (TPSA) is 17.1 Å². The quantitative estimate of drug-likeness (QED) is 0.633. The van der Waals surface area contributed by atoms with Gasteiger partial charge in [0.25, 0.3) is 0 Å². The van der Waals surface area contributed by atoms with Crippen molar-refractivity contribution >= 4 is 6.29 Å². The summed E-state index contributed by atoms with van der Waals surface area (Å²) in [4.78, 5) is 9.50. The van der Waals surface area contributed by atoms with Gasteiger partial charge in [-0.15, -0.1) is 0 Å². The van der Waals surface area contributed by atoms with Crippen molar-refractivity contribution in [2.75, 3.05) is 0 Å². The van der Waals surface area contributed by atoms with E-state index < -0.39 is 0 Å². The molecule has 0 amide bonds. The van der Waals surface area contributed by atoms with Gasteiger partial charge in [-0.1, -0.05) is 13.8 Å². The van der Waals surface area contributed by atoms with Crippen molar-refractivity contribution in [3.05, 3.63) is 0 Å². The third-order valence-electron chi connectivity index (χ3n) is 0.272. The zero-order valence-electron chi connectivity index (χ0n) is 4.01. The molecule has 0 spiro atoms. The molecular weight excluding hydrogens is 245 g/mol. The van der Waals surface area contributed by atoms with Crippen molar-refractivity contribution in [2.45, 2.75) is 13.8 Å². The first-order chi connectivity index (χ1) is 2.27. The Morgan fingerprint density at radius 2 is 1.67 bits per heavy atom. The van der Waals surface area contributed by atoms with E-state index in [0.717, 1.165) is 6.29 Å². The van der Waals surface area contributed by atoms with Gasteiger partial charge in [-0.05, 0) is 0 Å². The second kappa shape index (κ2) is 5.41. The van der Waals surface area contributed by atoms with Crippen LogP contribution in [0.2, 0.25) is 0 Å². The van der Waals surface area contributed by atoms with Crippen LogP contribution in [0.4, 0.5) is 0 Å². The zero-order chi connectivity index (χ0) is 4.28. The Hall–Kier alpha value is 0.410. The summed E-state index contributed by atoms with van der Waals surface area (Å²) in [5.41, 5.74) is 0. The van der Waals surface area contributed by atoms with Crippen LogP contribution < -0.4 is 0 Å². The van der Waals surface area contributed by atoms with Crippen LogP contribution in [0.3, 0.4) is 0 Å². The first-order valence-corrected chi connectivity index (χ1v) is 1.72. The Balaban J connectivity index is 0. The Kier molecular flexibility index (Phi) is 8.70.